The van der Waals surface area contributed by atoms with Gasteiger partial charge in [0.25, 0.3) is 0 Å². The van der Waals surface area contributed by atoms with Crippen molar-refractivity contribution >= 4 is 0 Å². The summed E-state index contributed by atoms with van der Waals surface area (Å²) in [6.07, 6.45) is 5.77. The molecule has 0 bridgehead atoms. The van der Waals surface area contributed by atoms with Crippen LogP contribution in [0.4, 0.5) is 0 Å². The number of aryl methyl sites for hydroxylation is 1. The van der Waals surface area contributed by atoms with Crippen molar-refractivity contribution in [2.45, 2.75) is 25.7 Å². The SMILES string of the molecule is O=c1occc2c1CCCC2. The molecule has 58 valence electrons. The predicted molar refractivity (Wildman–Crippen MR) is 41.6 cm³/mol. The van der Waals surface area contributed by atoms with Gasteiger partial charge in [0.15, 0.2) is 0 Å². The third-order valence-corrected chi connectivity index (χ3v) is 2.20. The van der Waals surface area contributed by atoms with Crippen LogP contribution in [0, 0.1) is 0 Å². The zero-order valence-corrected chi connectivity index (χ0v) is 6.30. The molecule has 0 saturated heterocycles. The van der Waals surface area contributed by atoms with E-state index in [0.29, 0.717) is 0 Å². The third-order valence-electron chi connectivity index (χ3n) is 2.20. The largest absolute Gasteiger partial charge is 0.431 e. The van der Waals surface area contributed by atoms with E-state index in [2.05, 4.69) is 0 Å². The van der Waals surface area contributed by atoms with Crippen LogP contribution in [0.2, 0.25) is 0 Å². The lowest BCUT2D eigenvalue weighted by Crippen LogP contribution is -2.14. The van der Waals surface area contributed by atoms with Crippen molar-refractivity contribution in [3.63, 3.8) is 0 Å². The van der Waals surface area contributed by atoms with Gasteiger partial charge in [0.2, 0.25) is 0 Å². The molecule has 2 nitrogen and oxygen atoms in total. The maximum absolute atomic E-state index is 11.1. The standard InChI is InChI=1S/C9H10O2/c10-9-8-4-2-1-3-7(8)5-6-11-9/h5-6H,1-4H2. The van der Waals surface area contributed by atoms with E-state index in [1.54, 1.807) is 0 Å². The Kier molecular flexibility index (Phi) is 1.53. The Morgan fingerprint density at radius 3 is 2.91 bits per heavy atom. The number of rotatable bonds is 0. The minimum Gasteiger partial charge on any atom is -0.431 e. The second-order valence-electron chi connectivity index (χ2n) is 2.92. The highest BCUT2D eigenvalue weighted by molar-refractivity contribution is 5.24. The van der Waals surface area contributed by atoms with Gasteiger partial charge in [-0.15, -0.1) is 0 Å². The molecule has 0 atom stereocenters. The van der Waals surface area contributed by atoms with Gasteiger partial charge in [-0.1, -0.05) is 0 Å². The van der Waals surface area contributed by atoms with Crippen LogP contribution in [0.15, 0.2) is 21.5 Å². The molecule has 0 N–H and O–H groups in total. The first kappa shape index (κ1) is 6.65. The van der Waals surface area contributed by atoms with Gasteiger partial charge < -0.3 is 4.42 Å². The van der Waals surface area contributed by atoms with E-state index in [-0.39, 0.29) is 5.63 Å². The molecule has 0 unspecified atom stereocenters. The van der Waals surface area contributed by atoms with Gasteiger partial charge >= 0.3 is 5.63 Å². The summed E-state index contributed by atoms with van der Waals surface area (Å²) in [4.78, 5) is 11.1. The molecule has 0 amide bonds. The Balaban J connectivity index is 2.58. The Morgan fingerprint density at radius 1 is 1.27 bits per heavy atom. The fourth-order valence-corrected chi connectivity index (χ4v) is 1.59. The monoisotopic (exact) mass is 150 g/mol. The summed E-state index contributed by atoms with van der Waals surface area (Å²) in [6.45, 7) is 0. The minimum absolute atomic E-state index is 0.137. The topological polar surface area (TPSA) is 30.2 Å². The zero-order chi connectivity index (χ0) is 7.68. The highest BCUT2D eigenvalue weighted by Crippen LogP contribution is 2.16. The molecule has 1 aliphatic rings. The summed E-state index contributed by atoms with van der Waals surface area (Å²) >= 11 is 0. The fourth-order valence-electron chi connectivity index (χ4n) is 1.59. The molecule has 0 fully saturated rings. The lowest BCUT2D eigenvalue weighted by Gasteiger charge is -2.11. The molecule has 2 rings (SSSR count). The number of hydrogen-bond acceptors (Lipinski definition) is 2. The van der Waals surface area contributed by atoms with Crippen LogP contribution < -0.4 is 5.63 Å². The zero-order valence-electron chi connectivity index (χ0n) is 6.30. The average Bonchev–Trinajstić information content (AvgIpc) is 2.06. The van der Waals surface area contributed by atoms with Crippen molar-refractivity contribution in [3.05, 3.63) is 33.9 Å². The summed E-state index contributed by atoms with van der Waals surface area (Å²) in [5, 5.41) is 0. The quantitative estimate of drug-likeness (QED) is 0.561. The van der Waals surface area contributed by atoms with Gasteiger partial charge in [0.1, 0.15) is 0 Å². The number of hydrogen-bond donors (Lipinski definition) is 0. The van der Waals surface area contributed by atoms with Crippen molar-refractivity contribution in [2.75, 3.05) is 0 Å². The van der Waals surface area contributed by atoms with Crippen molar-refractivity contribution in [3.8, 4) is 0 Å². The van der Waals surface area contributed by atoms with E-state index in [1.165, 1.54) is 18.2 Å². The summed E-state index contributed by atoms with van der Waals surface area (Å²) in [5.74, 6) is 0. The summed E-state index contributed by atoms with van der Waals surface area (Å²) in [6, 6.07) is 1.91. The molecule has 1 aromatic rings. The lowest BCUT2D eigenvalue weighted by molar-refractivity contribution is 0.488. The molecular formula is C9H10O2. The van der Waals surface area contributed by atoms with E-state index in [0.717, 1.165) is 24.8 Å². The van der Waals surface area contributed by atoms with Gasteiger partial charge in [-0.2, -0.15) is 0 Å². The molecule has 1 aromatic heterocycles. The molecule has 0 spiro atoms. The van der Waals surface area contributed by atoms with Crippen LogP contribution in [-0.4, -0.2) is 0 Å². The Hall–Kier alpha value is -1.05. The first-order valence-corrected chi connectivity index (χ1v) is 3.97. The van der Waals surface area contributed by atoms with Crippen LogP contribution in [0.25, 0.3) is 0 Å². The van der Waals surface area contributed by atoms with Crippen LogP contribution in [0.1, 0.15) is 24.0 Å². The summed E-state index contributed by atoms with van der Waals surface area (Å²) in [5.41, 5.74) is 1.95. The highest BCUT2D eigenvalue weighted by atomic mass is 16.4. The van der Waals surface area contributed by atoms with Gasteiger partial charge in [-0.3, -0.25) is 0 Å². The molecule has 11 heavy (non-hydrogen) atoms. The van der Waals surface area contributed by atoms with Gasteiger partial charge in [0, 0.05) is 5.56 Å². The first-order chi connectivity index (χ1) is 5.38. The Labute approximate surface area is 64.9 Å². The normalized spacial score (nSPS) is 16.0. The molecular weight excluding hydrogens is 140 g/mol. The third kappa shape index (κ3) is 1.09. The van der Waals surface area contributed by atoms with Gasteiger partial charge in [-0.25, -0.2) is 4.79 Å². The van der Waals surface area contributed by atoms with Crippen LogP contribution in [-0.2, 0) is 12.8 Å². The molecule has 0 saturated carbocycles. The predicted octanol–water partition coefficient (Wildman–Crippen LogP) is 1.52. The maximum Gasteiger partial charge on any atom is 0.339 e. The molecule has 0 aliphatic heterocycles. The second-order valence-corrected chi connectivity index (χ2v) is 2.92. The van der Waals surface area contributed by atoms with Crippen molar-refractivity contribution in [1.82, 2.24) is 0 Å². The van der Waals surface area contributed by atoms with Crippen molar-refractivity contribution in [1.29, 1.82) is 0 Å². The molecule has 2 heteroatoms. The van der Waals surface area contributed by atoms with Crippen molar-refractivity contribution < 1.29 is 4.42 Å². The maximum atomic E-state index is 11.1. The average molecular weight is 150 g/mol. The summed E-state index contributed by atoms with van der Waals surface area (Å²) < 4.78 is 4.77. The Bertz CT molecular complexity index is 312. The molecule has 0 radical (unpaired) electrons. The van der Waals surface area contributed by atoms with Crippen LogP contribution >= 0.6 is 0 Å². The fraction of sp³-hybridized carbons (Fsp3) is 0.444. The minimum atomic E-state index is -0.137. The smallest absolute Gasteiger partial charge is 0.339 e. The highest BCUT2D eigenvalue weighted by Gasteiger charge is 2.12. The lowest BCUT2D eigenvalue weighted by atomic mass is 9.94. The van der Waals surface area contributed by atoms with Gasteiger partial charge in [0.05, 0.1) is 6.26 Å². The van der Waals surface area contributed by atoms with E-state index < -0.39 is 0 Å². The van der Waals surface area contributed by atoms with E-state index in [9.17, 15) is 4.79 Å². The molecule has 1 aliphatic carbocycles. The first-order valence-electron chi connectivity index (χ1n) is 3.97. The van der Waals surface area contributed by atoms with Gasteiger partial charge in [-0.05, 0) is 37.3 Å². The van der Waals surface area contributed by atoms with Crippen LogP contribution in [0.3, 0.4) is 0 Å². The van der Waals surface area contributed by atoms with E-state index >= 15 is 0 Å². The Morgan fingerprint density at radius 2 is 2.09 bits per heavy atom. The summed E-state index contributed by atoms with van der Waals surface area (Å²) in [7, 11) is 0. The molecule has 0 aromatic carbocycles. The van der Waals surface area contributed by atoms with E-state index in [4.69, 9.17) is 4.42 Å². The molecule has 1 heterocycles. The van der Waals surface area contributed by atoms with E-state index in [1.807, 2.05) is 6.07 Å². The van der Waals surface area contributed by atoms with Crippen LogP contribution in [0.5, 0.6) is 0 Å². The second kappa shape index (κ2) is 2.53. The number of fused-ring (bicyclic) bond motifs is 1. The van der Waals surface area contributed by atoms with Crippen molar-refractivity contribution in [2.24, 2.45) is 0 Å².